The summed E-state index contributed by atoms with van der Waals surface area (Å²) in [6, 6.07) is 0. The van der Waals surface area contributed by atoms with E-state index in [1.165, 1.54) is 25.7 Å². The van der Waals surface area contributed by atoms with Crippen LogP contribution in [0.15, 0.2) is 0 Å². The Morgan fingerprint density at radius 1 is 0.885 bits per heavy atom. The Balaban J connectivity index is 0. The molecule has 0 radical (unpaired) electrons. The van der Waals surface area contributed by atoms with Crippen molar-refractivity contribution in [1.82, 2.24) is 6.15 Å². The van der Waals surface area contributed by atoms with E-state index >= 15 is 0 Å². The summed E-state index contributed by atoms with van der Waals surface area (Å²) in [6.45, 7) is 5.86. The quantitative estimate of drug-likeness (QED) is 0.230. The number of aliphatic carboxylic acids is 1. The number of hydrogen-bond acceptors (Lipinski definition) is 4. The van der Waals surface area contributed by atoms with Gasteiger partial charge in [-0.05, 0) is 18.8 Å². The molecule has 0 amide bonds. The van der Waals surface area contributed by atoms with Crippen LogP contribution in [0, 0.1) is 5.92 Å². The average Bonchev–Trinajstić information content (AvgIpc) is 2.52. The fourth-order valence-corrected chi connectivity index (χ4v) is 4.76. The molecule has 0 aliphatic carbocycles. The first-order valence-electron chi connectivity index (χ1n) is 9.94. The first-order chi connectivity index (χ1) is 11.7. The molecule has 0 aromatic heterocycles. The molecule has 0 saturated heterocycles. The van der Waals surface area contributed by atoms with E-state index in [0.717, 1.165) is 38.5 Å². The smallest absolute Gasteiger partial charge is 0.327 e. The van der Waals surface area contributed by atoms with Gasteiger partial charge in [-0.3, -0.25) is 9.35 Å². The second-order valence-electron chi connectivity index (χ2n) is 7.29. The summed E-state index contributed by atoms with van der Waals surface area (Å²) in [4.78, 5) is 11.8. The van der Waals surface area contributed by atoms with E-state index in [0.29, 0.717) is 12.8 Å². The molecule has 2 unspecified atom stereocenters. The maximum Gasteiger partial charge on any atom is 0.327 e. The van der Waals surface area contributed by atoms with E-state index in [1.807, 2.05) is 6.92 Å². The van der Waals surface area contributed by atoms with E-state index in [2.05, 4.69) is 6.92 Å². The van der Waals surface area contributed by atoms with Gasteiger partial charge >= 0.3 is 5.97 Å². The first kappa shape index (κ1) is 27.6. The molecule has 0 aliphatic heterocycles. The Kier molecular flexibility index (Phi) is 15.3. The molecule has 0 aliphatic rings. The van der Waals surface area contributed by atoms with Gasteiger partial charge in [0.05, 0.1) is 0 Å². The minimum absolute atomic E-state index is 0. The Bertz CT molecular complexity index is 467. The normalized spacial score (nSPS) is 15.1. The third kappa shape index (κ3) is 8.82. The fourth-order valence-electron chi connectivity index (χ4n) is 3.51. The average molecular weight is 396 g/mol. The Morgan fingerprint density at radius 2 is 1.31 bits per heavy atom. The molecule has 2 atom stereocenters. The van der Waals surface area contributed by atoms with Crippen LogP contribution in [0.1, 0.15) is 104 Å². The third-order valence-corrected chi connectivity index (χ3v) is 6.96. The standard InChI is InChI=1S/C19H38O5S.H3N/c1-4-6-8-10-11-12-13-15-17(3)19(18(20)21,25(22,23)24)16-14-9-7-5-2;/h17H,4-16H2,1-3H3,(H,20,21)(H,22,23,24);1H3. The molecule has 6 nitrogen and oxygen atoms in total. The van der Waals surface area contributed by atoms with Crippen molar-refractivity contribution in [3.05, 3.63) is 0 Å². The van der Waals surface area contributed by atoms with Gasteiger partial charge in [0.25, 0.3) is 10.1 Å². The molecule has 0 bridgehead atoms. The van der Waals surface area contributed by atoms with Crippen LogP contribution in [-0.2, 0) is 14.9 Å². The lowest BCUT2D eigenvalue weighted by Gasteiger charge is -2.32. The van der Waals surface area contributed by atoms with Crippen LogP contribution in [0.3, 0.4) is 0 Å². The summed E-state index contributed by atoms with van der Waals surface area (Å²) in [7, 11) is -4.67. The van der Waals surface area contributed by atoms with Crippen molar-refractivity contribution in [3.63, 3.8) is 0 Å². The van der Waals surface area contributed by atoms with E-state index in [-0.39, 0.29) is 12.6 Å². The van der Waals surface area contributed by atoms with Crippen molar-refractivity contribution in [1.29, 1.82) is 0 Å². The highest BCUT2D eigenvalue weighted by Crippen LogP contribution is 2.36. The molecule has 0 aromatic carbocycles. The highest BCUT2D eigenvalue weighted by molar-refractivity contribution is 7.88. The van der Waals surface area contributed by atoms with Gasteiger partial charge in [0.15, 0.2) is 4.75 Å². The van der Waals surface area contributed by atoms with Gasteiger partial charge in [0.2, 0.25) is 0 Å². The molecule has 0 rings (SSSR count). The molecule has 158 valence electrons. The van der Waals surface area contributed by atoms with Crippen molar-refractivity contribution in [2.75, 3.05) is 0 Å². The summed E-state index contributed by atoms with van der Waals surface area (Å²) in [5.41, 5.74) is 0. The minimum atomic E-state index is -4.67. The maximum absolute atomic E-state index is 12.0. The van der Waals surface area contributed by atoms with Crippen LogP contribution >= 0.6 is 0 Å². The van der Waals surface area contributed by atoms with Gasteiger partial charge in [-0.15, -0.1) is 0 Å². The molecule has 26 heavy (non-hydrogen) atoms. The topological polar surface area (TPSA) is 127 Å². The molecule has 0 spiro atoms. The number of carboxylic acids is 1. The number of hydrogen-bond donors (Lipinski definition) is 3. The predicted molar refractivity (Wildman–Crippen MR) is 107 cm³/mol. The van der Waals surface area contributed by atoms with Gasteiger partial charge in [0.1, 0.15) is 0 Å². The SMILES string of the molecule is CCCCCCCCCC(C)C(CCCCCC)(C(=O)O)S(=O)(=O)O.N. The number of carbonyl (C=O) groups is 1. The summed E-state index contributed by atoms with van der Waals surface area (Å²) in [6.07, 6.45) is 11.4. The zero-order valence-electron chi connectivity index (χ0n) is 17.0. The predicted octanol–water partition coefficient (Wildman–Crippen LogP) is 5.61. The Hall–Kier alpha value is -0.660. The number of rotatable bonds is 16. The largest absolute Gasteiger partial charge is 0.480 e. The zero-order chi connectivity index (χ0) is 19.3. The van der Waals surface area contributed by atoms with Gasteiger partial charge in [-0.25, -0.2) is 0 Å². The van der Waals surface area contributed by atoms with Crippen molar-refractivity contribution < 1.29 is 22.9 Å². The monoisotopic (exact) mass is 395 g/mol. The van der Waals surface area contributed by atoms with Gasteiger partial charge in [-0.2, -0.15) is 8.42 Å². The number of unbranched alkanes of at least 4 members (excludes halogenated alkanes) is 9. The second kappa shape index (κ2) is 14.4. The van der Waals surface area contributed by atoms with E-state index in [9.17, 15) is 22.9 Å². The maximum atomic E-state index is 12.0. The minimum Gasteiger partial charge on any atom is -0.480 e. The van der Waals surface area contributed by atoms with Crippen molar-refractivity contribution in [2.45, 2.75) is 109 Å². The number of carboxylic acid groups (broad SMARTS) is 1. The van der Waals surface area contributed by atoms with Crippen LogP contribution < -0.4 is 6.15 Å². The highest BCUT2D eigenvalue weighted by atomic mass is 32.2. The molecule has 7 heteroatoms. The van der Waals surface area contributed by atoms with E-state index in [1.54, 1.807) is 6.92 Å². The Labute approximate surface area is 160 Å². The lowest BCUT2D eigenvalue weighted by Crippen LogP contribution is -2.51. The van der Waals surface area contributed by atoms with E-state index in [4.69, 9.17) is 0 Å². The van der Waals surface area contributed by atoms with Crippen LogP contribution in [-0.4, -0.2) is 28.8 Å². The highest BCUT2D eigenvalue weighted by Gasteiger charge is 2.53. The van der Waals surface area contributed by atoms with Crippen LogP contribution in [0.4, 0.5) is 0 Å². The fraction of sp³-hybridized carbons (Fsp3) is 0.947. The van der Waals surface area contributed by atoms with Crippen LogP contribution in [0.25, 0.3) is 0 Å². The molecule has 0 heterocycles. The molecule has 0 fully saturated rings. The van der Waals surface area contributed by atoms with Gasteiger partial charge in [-0.1, -0.05) is 91.4 Å². The van der Waals surface area contributed by atoms with Crippen LogP contribution in [0.2, 0.25) is 0 Å². The van der Waals surface area contributed by atoms with Crippen molar-refractivity contribution in [2.24, 2.45) is 5.92 Å². The Morgan fingerprint density at radius 3 is 1.73 bits per heavy atom. The summed E-state index contributed by atoms with van der Waals surface area (Å²) in [5, 5.41) is 9.65. The zero-order valence-corrected chi connectivity index (χ0v) is 17.8. The van der Waals surface area contributed by atoms with Crippen molar-refractivity contribution in [3.8, 4) is 0 Å². The lowest BCUT2D eigenvalue weighted by atomic mass is 9.84. The summed E-state index contributed by atoms with van der Waals surface area (Å²) in [5.74, 6) is -2.01. The summed E-state index contributed by atoms with van der Waals surface area (Å²) >= 11 is 0. The van der Waals surface area contributed by atoms with Crippen LogP contribution in [0.5, 0.6) is 0 Å². The molecule has 0 saturated carbocycles. The molecular formula is C19H41NO5S. The van der Waals surface area contributed by atoms with Crippen molar-refractivity contribution >= 4 is 16.1 Å². The van der Waals surface area contributed by atoms with Gasteiger partial charge < -0.3 is 11.3 Å². The first-order valence-corrected chi connectivity index (χ1v) is 11.4. The third-order valence-electron chi connectivity index (χ3n) is 5.26. The summed E-state index contributed by atoms with van der Waals surface area (Å²) < 4.78 is 31.6. The lowest BCUT2D eigenvalue weighted by molar-refractivity contribution is -0.142. The van der Waals surface area contributed by atoms with E-state index < -0.39 is 26.8 Å². The second-order valence-corrected chi connectivity index (χ2v) is 8.97. The van der Waals surface area contributed by atoms with Gasteiger partial charge in [0, 0.05) is 0 Å². The molecule has 0 aromatic rings. The molecular weight excluding hydrogens is 354 g/mol. The molecule has 5 N–H and O–H groups in total.